The van der Waals surface area contributed by atoms with E-state index in [1.165, 1.54) is 0 Å². The summed E-state index contributed by atoms with van der Waals surface area (Å²) in [5.41, 5.74) is -0.436. The predicted molar refractivity (Wildman–Crippen MR) is 34.4 cm³/mol. The van der Waals surface area contributed by atoms with E-state index in [1.54, 1.807) is 13.8 Å². The Bertz CT molecular complexity index is 110. The number of hydrogen-bond donors (Lipinski definition) is 1. The molecule has 0 radical (unpaired) electrons. The van der Waals surface area contributed by atoms with Crippen LogP contribution in [0.2, 0.25) is 0 Å². The Kier molecular flexibility index (Phi) is 2.65. The Morgan fingerprint density at radius 3 is 2.22 bits per heavy atom. The van der Waals surface area contributed by atoms with Crippen molar-refractivity contribution >= 4 is 5.97 Å². The third-order valence-corrected chi connectivity index (χ3v) is 1.54. The van der Waals surface area contributed by atoms with Gasteiger partial charge in [-0.1, -0.05) is 6.92 Å². The van der Waals surface area contributed by atoms with Crippen LogP contribution in [0.1, 0.15) is 27.2 Å². The summed E-state index contributed by atoms with van der Waals surface area (Å²) in [4.78, 5) is 14.8. The first kappa shape index (κ1) is 8.43. The van der Waals surface area contributed by atoms with Crippen LogP contribution in [-0.2, 0) is 9.63 Å². The van der Waals surface area contributed by atoms with Crippen LogP contribution >= 0.6 is 0 Å². The lowest BCUT2D eigenvalue weighted by Crippen LogP contribution is -2.27. The van der Waals surface area contributed by atoms with E-state index < -0.39 is 5.41 Å². The normalized spacial score (nSPS) is 11.1. The van der Waals surface area contributed by atoms with Gasteiger partial charge in [0.25, 0.3) is 0 Å². The Morgan fingerprint density at radius 1 is 1.67 bits per heavy atom. The summed E-state index contributed by atoms with van der Waals surface area (Å²) in [6, 6.07) is 0. The fourth-order valence-electron chi connectivity index (χ4n) is 0.304. The van der Waals surface area contributed by atoms with Gasteiger partial charge in [0, 0.05) is 0 Å². The first-order chi connectivity index (χ1) is 4.04. The van der Waals surface area contributed by atoms with Gasteiger partial charge in [-0.25, -0.2) is 4.79 Å². The van der Waals surface area contributed by atoms with E-state index in [2.05, 4.69) is 10.7 Å². The SMILES string of the molecule is CCC(C)(C)C(=O)ON. The molecule has 0 aromatic heterocycles. The minimum atomic E-state index is -0.436. The summed E-state index contributed by atoms with van der Waals surface area (Å²) in [7, 11) is 0. The van der Waals surface area contributed by atoms with E-state index in [9.17, 15) is 4.79 Å². The fourth-order valence-corrected chi connectivity index (χ4v) is 0.304. The fraction of sp³-hybridized carbons (Fsp3) is 0.833. The second kappa shape index (κ2) is 2.82. The minimum Gasteiger partial charge on any atom is -0.373 e. The zero-order valence-corrected chi connectivity index (χ0v) is 6.10. The van der Waals surface area contributed by atoms with Gasteiger partial charge in [0.15, 0.2) is 0 Å². The van der Waals surface area contributed by atoms with Gasteiger partial charge in [0.1, 0.15) is 0 Å². The van der Waals surface area contributed by atoms with Crippen molar-refractivity contribution in [2.45, 2.75) is 27.2 Å². The van der Waals surface area contributed by atoms with E-state index >= 15 is 0 Å². The molecule has 0 aliphatic heterocycles. The van der Waals surface area contributed by atoms with Crippen LogP contribution in [0.25, 0.3) is 0 Å². The van der Waals surface area contributed by atoms with Gasteiger partial charge < -0.3 is 4.84 Å². The van der Waals surface area contributed by atoms with Crippen LogP contribution in [0.15, 0.2) is 0 Å². The van der Waals surface area contributed by atoms with E-state index in [1.807, 2.05) is 6.92 Å². The molecule has 0 atom stereocenters. The van der Waals surface area contributed by atoms with Gasteiger partial charge in [-0.05, 0) is 20.3 Å². The maximum atomic E-state index is 10.7. The lowest BCUT2D eigenvalue weighted by molar-refractivity contribution is -0.154. The number of rotatable bonds is 2. The van der Waals surface area contributed by atoms with Crippen molar-refractivity contribution in [3.8, 4) is 0 Å². The first-order valence-electron chi connectivity index (χ1n) is 2.95. The largest absolute Gasteiger partial charge is 0.373 e. The Balaban J connectivity index is 3.97. The van der Waals surface area contributed by atoms with Crippen molar-refractivity contribution in [1.29, 1.82) is 0 Å². The Morgan fingerprint density at radius 2 is 2.11 bits per heavy atom. The molecular formula is C6H13NO2. The molecule has 0 unspecified atom stereocenters. The second-order valence-corrected chi connectivity index (χ2v) is 2.64. The summed E-state index contributed by atoms with van der Waals surface area (Å²) in [5, 5.41) is 0. The molecule has 0 heterocycles. The van der Waals surface area contributed by atoms with Crippen molar-refractivity contribution in [3.63, 3.8) is 0 Å². The Hall–Kier alpha value is -0.570. The van der Waals surface area contributed by atoms with Gasteiger partial charge in [0.2, 0.25) is 0 Å². The molecule has 0 aromatic rings. The van der Waals surface area contributed by atoms with E-state index in [0.717, 1.165) is 6.42 Å². The molecule has 0 amide bonds. The predicted octanol–water partition coefficient (Wildman–Crippen LogP) is 0.840. The molecule has 0 rings (SSSR count). The maximum Gasteiger partial charge on any atom is 0.329 e. The average Bonchev–Trinajstić information content (AvgIpc) is 1.86. The molecular weight excluding hydrogens is 118 g/mol. The van der Waals surface area contributed by atoms with Crippen LogP contribution in [0.5, 0.6) is 0 Å². The van der Waals surface area contributed by atoms with E-state index in [0.29, 0.717) is 0 Å². The Labute approximate surface area is 55.1 Å². The van der Waals surface area contributed by atoms with Crippen LogP contribution in [0.3, 0.4) is 0 Å². The number of carbonyl (C=O) groups is 1. The van der Waals surface area contributed by atoms with Gasteiger partial charge in [-0.2, -0.15) is 5.90 Å². The molecule has 54 valence electrons. The van der Waals surface area contributed by atoms with Gasteiger partial charge >= 0.3 is 5.97 Å². The van der Waals surface area contributed by atoms with Gasteiger partial charge in [0.05, 0.1) is 5.41 Å². The zero-order chi connectivity index (χ0) is 7.49. The average molecular weight is 131 g/mol. The van der Waals surface area contributed by atoms with Crippen LogP contribution in [-0.4, -0.2) is 5.97 Å². The van der Waals surface area contributed by atoms with E-state index in [-0.39, 0.29) is 5.97 Å². The van der Waals surface area contributed by atoms with Crippen molar-refractivity contribution in [2.75, 3.05) is 0 Å². The summed E-state index contributed by atoms with van der Waals surface area (Å²) < 4.78 is 0. The molecule has 0 aliphatic carbocycles. The molecule has 3 nitrogen and oxygen atoms in total. The van der Waals surface area contributed by atoms with Crippen LogP contribution < -0.4 is 5.90 Å². The zero-order valence-electron chi connectivity index (χ0n) is 6.10. The van der Waals surface area contributed by atoms with E-state index in [4.69, 9.17) is 0 Å². The number of carbonyl (C=O) groups excluding carboxylic acids is 1. The van der Waals surface area contributed by atoms with Gasteiger partial charge in [-0.3, -0.25) is 0 Å². The summed E-state index contributed by atoms with van der Waals surface area (Å²) in [6.45, 7) is 5.50. The molecule has 0 saturated carbocycles. The van der Waals surface area contributed by atoms with Crippen molar-refractivity contribution in [2.24, 2.45) is 11.3 Å². The molecule has 0 aliphatic rings. The lowest BCUT2D eigenvalue weighted by atomic mass is 9.91. The topological polar surface area (TPSA) is 52.3 Å². The highest BCUT2D eigenvalue weighted by molar-refractivity contribution is 5.75. The molecule has 0 fully saturated rings. The molecule has 0 bridgehead atoms. The standard InChI is InChI=1S/C6H13NO2/c1-4-6(2,3)5(8)9-7/h4,7H2,1-3H3. The summed E-state index contributed by atoms with van der Waals surface area (Å²) >= 11 is 0. The minimum absolute atomic E-state index is 0.356. The quantitative estimate of drug-likeness (QED) is 0.565. The number of nitrogens with two attached hydrogens (primary N) is 1. The van der Waals surface area contributed by atoms with Crippen molar-refractivity contribution in [3.05, 3.63) is 0 Å². The first-order valence-corrected chi connectivity index (χ1v) is 2.95. The van der Waals surface area contributed by atoms with Crippen LogP contribution in [0.4, 0.5) is 0 Å². The monoisotopic (exact) mass is 131 g/mol. The molecule has 0 spiro atoms. The maximum absolute atomic E-state index is 10.7. The molecule has 0 saturated heterocycles. The third-order valence-electron chi connectivity index (χ3n) is 1.54. The summed E-state index contributed by atoms with van der Waals surface area (Å²) in [5.74, 6) is 4.33. The highest BCUT2D eigenvalue weighted by Crippen LogP contribution is 2.20. The number of hydrogen-bond acceptors (Lipinski definition) is 3. The molecule has 3 heteroatoms. The highest BCUT2D eigenvalue weighted by Gasteiger charge is 2.26. The van der Waals surface area contributed by atoms with Crippen molar-refractivity contribution < 1.29 is 9.63 Å². The summed E-state index contributed by atoms with van der Waals surface area (Å²) in [6.07, 6.45) is 0.739. The molecule has 0 aromatic carbocycles. The smallest absolute Gasteiger partial charge is 0.329 e. The van der Waals surface area contributed by atoms with Gasteiger partial charge in [-0.15, -0.1) is 0 Å². The second-order valence-electron chi connectivity index (χ2n) is 2.64. The van der Waals surface area contributed by atoms with Crippen molar-refractivity contribution in [1.82, 2.24) is 0 Å². The highest BCUT2D eigenvalue weighted by atomic mass is 16.7. The molecule has 9 heavy (non-hydrogen) atoms. The third kappa shape index (κ3) is 2.01. The lowest BCUT2D eigenvalue weighted by Gasteiger charge is -2.17. The molecule has 2 N–H and O–H groups in total. The van der Waals surface area contributed by atoms with Crippen LogP contribution in [0, 0.1) is 5.41 Å².